The summed E-state index contributed by atoms with van der Waals surface area (Å²) in [6.07, 6.45) is 3.84. The van der Waals surface area contributed by atoms with Crippen LogP contribution in [0.25, 0.3) is 0 Å². The van der Waals surface area contributed by atoms with Crippen molar-refractivity contribution in [2.45, 2.75) is 6.42 Å². The van der Waals surface area contributed by atoms with E-state index in [4.69, 9.17) is 0 Å². The molecule has 2 heterocycles. The number of ketones is 1. The first kappa shape index (κ1) is 8.81. The van der Waals surface area contributed by atoms with E-state index in [1.54, 1.807) is 12.4 Å². The molecule has 0 saturated carbocycles. The molecule has 0 aromatic carbocycles. The number of nitrogens with zero attached hydrogens (tertiary/aromatic N) is 2. The maximum Gasteiger partial charge on any atom is 0.185 e. The van der Waals surface area contributed by atoms with Gasteiger partial charge in [-0.1, -0.05) is 0 Å². The predicted octanol–water partition coefficient (Wildman–Crippen LogP) is 0.920. The summed E-state index contributed by atoms with van der Waals surface area (Å²) in [6.45, 7) is 1.97. The van der Waals surface area contributed by atoms with Crippen LogP contribution in [0.5, 0.6) is 0 Å². The molecule has 0 aromatic rings. The molecule has 0 radical (unpaired) electrons. The molecule has 0 aliphatic carbocycles. The first-order valence-corrected chi connectivity index (χ1v) is 5.61. The van der Waals surface area contributed by atoms with Crippen molar-refractivity contribution in [3.8, 4) is 0 Å². The number of hydrogen-bond donors (Lipinski definition) is 0. The minimum atomic E-state index is 0.210. The molecule has 70 valence electrons. The van der Waals surface area contributed by atoms with Gasteiger partial charge in [0.15, 0.2) is 5.78 Å². The minimum absolute atomic E-state index is 0.210. The fourth-order valence-electron chi connectivity index (χ4n) is 1.50. The van der Waals surface area contributed by atoms with Crippen molar-refractivity contribution in [3.05, 3.63) is 11.9 Å². The molecule has 0 N–H and O–H groups in total. The Labute approximate surface area is 81.9 Å². The van der Waals surface area contributed by atoms with E-state index in [1.807, 2.05) is 11.8 Å². The molecule has 1 fully saturated rings. The van der Waals surface area contributed by atoms with Crippen molar-refractivity contribution in [3.63, 3.8) is 0 Å². The fraction of sp³-hybridized carbons (Fsp3) is 0.556. The summed E-state index contributed by atoms with van der Waals surface area (Å²) in [5, 5.41) is 0. The normalized spacial score (nSPS) is 23.2. The Balaban J connectivity index is 2.09. The smallest absolute Gasteiger partial charge is 0.185 e. The maximum absolute atomic E-state index is 11.5. The van der Waals surface area contributed by atoms with E-state index >= 15 is 0 Å². The van der Waals surface area contributed by atoms with Crippen LogP contribution in [0.1, 0.15) is 6.42 Å². The van der Waals surface area contributed by atoms with Crippen LogP contribution in [0.3, 0.4) is 0 Å². The molecule has 2 rings (SSSR count). The van der Waals surface area contributed by atoms with Crippen molar-refractivity contribution < 1.29 is 4.79 Å². The number of Topliss-reactive ketones (excluding diaryl/α,β-unsaturated/α-hetero) is 1. The SMILES string of the molecule is O=C1CC=NC=C1N1CCSCC1. The molecule has 2 aliphatic rings. The van der Waals surface area contributed by atoms with Gasteiger partial charge < -0.3 is 4.90 Å². The molecule has 2 aliphatic heterocycles. The van der Waals surface area contributed by atoms with Gasteiger partial charge in [0.05, 0.1) is 11.9 Å². The Morgan fingerprint density at radius 3 is 2.85 bits per heavy atom. The topological polar surface area (TPSA) is 32.7 Å². The summed E-state index contributed by atoms with van der Waals surface area (Å²) >= 11 is 1.95. The van der Waals surface area contributed by atoms with Crippen molar-refractivity contribution in [2.24, 2.45) is 4.99 Å². The lowest BCUT2D eigenvalue weighted by molar-refractivity contribution is -0.116. The highest BCUT2D eigenvalue weighted by Crippen LogP contribution is 2.17. The highest BCUT2D eigenvalue weighted by Gasteiger charge is 2.20. The van der Waals surface area contributed by atoms with Crippen LogP contribution < -0.4 is 0 Å². The summed E-state index contributed by atoms with van der Waals surface area (Å²) in [5.74, 6) is 2.45. The highest BCUT2D eigenvalue weighted by molar-refractivity contribution is 7.99. The Morgan fingerprint density at radius 1 is 1.38 bits per heavy atom. The average Bonchev–Trinajstić information content (AvgIpc) is 2.20. The summed E-state index contributed by atoms with van der Waals surface area (Å²) in [5.41, 5.74) is 0.808. The van der Waals surface area contributed by atoms with E-state index in [-0.39, 0.29) is 5.78 Å². The lowest BCUT2D eigenvalue weighted by Gasteiger charge is -2.29. The third-order valence-corrected chi connectivity index (χ3v) is 3.16. The Bertz CT molecular complexity index is 267. The number of aliphatic imine (C=N–C) groups is 1. The van der Waals surface area contributed by atoms with Gasteiger partial charge in [0, 0.05) is 37.2 Å². The van der Waals surface area contributed by atoms with Gasteiger partial charge in [-0.3, -0.25) is 9.79 Å². The van der Waals surface area contributed by atoms with Gasteiger partial charge >= 0.3 is 0 Å². The zero-order valence-corrected chi connectivity index (χ0v) is 8.22. The molecule has 0 amide bonds. The van der Waals surface area contributed by atoms with Gasteiger partial charge in [0.1, 0.15) is 0 Å². The van der Waals surface area contributed by atoms with E-state index in [9.17, 15) is 4.79 Å². The molecule has 0 aromatic heterocycles. The summed E-state index contributed by atoms with van der Waals surface area (Å²) in [6, 6.07) is 0. The molecule has 4 heteroatoms. The Hall–Kier alpha value is -0.770. The Kier molecular flexibility index (Phi) is 2.68. The molecule has 0 bridgehead atoms. The number of hydrogen-bond acceptors (Lipinski definition) is 4. The second-order valence-corrected chi connectivity index (χ2v) is 4.30. The van der Waals surface area contributed by atoms with Gasteiger partial charge in [0.2, 0.25) is 0 Å². The van der Waals surface area contributed by atoms with E-state index in [1.165, 1.54) is 0 Å². The number of rotatable bonds is 1. The van der Waals surface area contributed by atoms with E-state index in [0.29, 0.717) is 6.42 Å². The Morgan fingerprint density at radius 2 is 2.15 bits per heavy atom. The molecule has 0 unspecified atom stereocenters. The van der Waals surface area contributed by atoms with Crippen LogP contribution >= 0.6 is 11.8 Å². The number of carbonyl (C=O) groups excluding carboxylic acids is 1. The quantitative estimate of drug-likeness (QED) is 0.625. The van der Waals surface area contributed by atoms with E-state index in [2.05, 4.69) is 9.89 Å². The third kappa shape index (κ3) is 1.94. The number of thioether (sulfide) groups is 1. The van der Waals surface area contributed by atoms with Crippen LogP contribution in [-0.4, -0.2) is 41.5 Å². The van der Waals surface area contributed by atoms with Crippen LogP contribution in [0.15, 0.2) is 16.9 Å². The van der Waals surface area contributed by atoms with Crippen LogP contribution in [0.2, 0.25) is 0 Å². The lowest BCUT2D eigenvalue weighted by Crippen LogP contribution is -2.35. The zero-order chi connectivity index (χ0) is 9.10. The molecule has 13 heavy (non-hydrogen) atoms. The number of carbonyl (C=O) groups is 1. The molecule has 1 saturated heterocycles. The zero-order valence-electron chi connectivity index (χ0n) is 7.40. The predicted molar refractivity (Wildman–Crippen MR) is 55.1 cm³/mol. The third-order valence-electron chi connectivity index (χ3n) is 2.22. The molecular weight excluding hydrogens is 184 g/mol. The average molecular weight is 196 g/mol. The van der Waals surface area contributed by atoms with E-state index < -0.39 is 0 Å². The molecule has 0 atom stereocenters. The summed E-state index contributed by atoms with van der Waals surface area (Å²) < 4.78 is 0. The lowest BCUT2D eigenvalue weighted by atomic mass is 10.2. The standard InChI is InChI=1S/C9H12N2OS/c12-9-1-2-10-7-8(9)11-3-5-13-6-4-11/h2,7H,1,3-6H2. The second-order valence-electron chi connectivity index (χ2n) is 3.07. The molecular formula is C9H12N2OS. The van der Waals surface area contributed by atoms with E-state index in [0.717, 1.165) is 30.3 Å². The first-order valence-electron chi connectivity index (χ1n) is 4.45. The molecule has 3 nitrogen and oxygen atoms in total. The fourth-order valence-corrected chi connectivity index (χ4v) is 2.40. The van der Waals surface area contributed by atoms with Gasteiger partial charge in [0.25, 0.3) is 0 Å². The van der Waals surface area contributed by atoms with Crippen LogP contribution in [0, 0.1) is 0 Å². The van der Waals surface area contributed by atoms with Gasteiger partial charge in [-0.25, -0.2) is 0 Å². The van der Waals surface area contributed by atoms with Crippen molar-refractivity contribution >= 4 is 23.8 Å². The van der Waals surface area contributed by atoms with Crippen LogP contribution in [0.4, 0.5) is 0 Å². The van der Waals surface area contributed by atoms with Crippen molar-refractivity contribution in [2.75, 3.05) is 24.6 Å². The van der Waals surface area contributed by atoms with Crippen molar-refractivity contribution in [1.82, 2.24) is 4.90 Å². The van der Waals surface area contributed by atoms with Crippen molar-refractivity contribution in [1.29, 1.82) is 0 Å². The van der Waals surface area contributed by atoms with Gasteiger partial charge in [-0.15, -0.1) is 0 Å². The summed E-state index contributed by atoms with van der Waals surface area (Å²) in [4.78, 5) is 17.7. The maximum atomic E-state index is 11.5. The largest absolute Gasteiger partial charge is 0.366 e. The van der Waals surface area contributed by atoms with Gasteiger partial charge in [-0.2, -0.15) is 11.8 Å². The molecule has 0 spiro atoms. The second kappa shape index (κ2) is 3.96. The van der Waals surface area contributed by atoms with Crippen LogP contribution in [-0.2, 0) is 4.79 Å². The summed E-state index contributed by atoms with van der Waals surface area (Å²) in [7, 11) is 0. The first-order chi connectivity index (χ1) is 6.38. The highest BCUT2D eigenvalue weighted by atomic mass is 32.2. The number of allylic oxidation sites excluding steroid dienone is 1. The minimum Gasteiger partial charge on any atom is -0.366 e. The monoisotopic (exact) mass is 196 g/mol. The van der Waals surface area contributed by atoms with Gasteiger partial charge in [-0.05, 0) is 0 Å².